The van der Waals surface area contributed by atoms with Gasteiger partial charge in [0.2, 0.25) is 0 Å². The van der Waals surface area contributed by atoms with E-state index in [4.69, 9.17) is 37.4 Å². The number of nitrogens with zero attached hydrogens (tertiary/aromatic N) is 2. The second kappa shape index (κ2) is 10.8. The highest BCUT2D eigenvalue weighted by molar-refractivity contribution is 6.32. The Labute approximate surface area is 223 Å². The molecule has 0 saturated carbocycles. The highest BCUT2D eigenvalue weighted by Gasteiger charge is 2.14. The molecule has 8 heteroatoms. The monoisotopic (exact) mass is 529 g/mol. The third-order valence-corrected chi connectivity index (χ3v) is 6.19. The molecule has 0 aliphatic heterocycles. The van der Waals surface area contributed by atoms with Crippen molar-refractivity contribution in [1.82, 2.24) is 4.98 Å². The van der Waals surface area contributed by atoms with Gasteiger partial charge in [0.15, 0.2) is 11.5 Å². The first-order chi connectivity index (χ1) is 18.1. The lowest BCUT2D eigenvalue weighted by atomic mass is 10.0. The van der Waals surface area contributed by atoms with E-state index in [1.807, 2.05) is 60.7 Å². The number of nitriles is 1. The normalized spacial score (nSPS) is 10.8. The minimum Gasteiger partial charge on any atom is -0.493 e. The minimum atomic E-state index is 0.356. The van der Waals surface area contributed by atoms with Crippen LogP contribution in [0.5, 0.6) is 23.0 Å². The maximum Gasteiger partial charge on any atom is 0.161 e. The van der Waals surface area contributed by atoms with Gasteiger partial charge in [-0.2, -0.15) is 5.26 Å². The summed E-state index contributed by atoms with van der Waals surface area (Å²) in [6, 6.07) is 24.8. The maximum absolute atomic E-state index is 9.82. The van der Waals surface area contributed by atoms with Crippen molar-refractivity contribution in [3.05, 3.63) is 89.6 Å². The Hall–Kier alpha value is -4.18. The summed E-state index contributed by atoms with van der Waals surface area (Å²) in [6.45, 7) is 0.356. The largest absolute Gasteiger partial charge is 0.493 e. The molecule has 37 heavy (non-hydrogen) atoms. The highest BCUT2D eigenvalue weighted by Crippen LogP contribution is 2.38. The SMILES string of the molecule is COc1cc2cc3ncc(C#N)c(Nc4ccc(Oc5ccccc5)c(Cl)c4)c3cc2cc1OCCCl. The molecule has 1 N–H and O–H groups in total. The lowest BCUT2D eigenvalue weighted by Crippen LogP contribution is -2.00. The fourth-order valence-electron chi connectivity index (χ4n) is 4.01. The molecule has 0 fully saturated rings. The number of anilines is 2. The van der Waals surface area contributed by atoms with Crippen LogP contribution in [0.1, 0.15) is 5.56 Å². The lowest BCUT2D eigenvalue weighted by molar-refractivity contribution is 0.313. The number of benzene rings is 4. The molecule has 5 rings (SSSR count). The molecule has 4 aromatic carbocycles. The predicted molar refractivity (Wildman–Crippen MR) is 148 cm³/mol. The average molecular weight is 530 g/mol. The quantitative estimate of drug-likeness (QED) is 0.162. The summed E-state index contributed by atoms with van der Waals surface area (Å²) in [4.78, 5) is 4.51. The van der Waals surface area contributed by atoms with Crippen LogP contribution in [0.2, 0.25) is 5.02 Å². The molecule has 5 aromatic rings. The molecule has 0 radical (unpaired) electrons. The third kappa shape index (κ3) is 5.19. The average Bonchev–Trinajstić information content (AvgIpc) is 2.92. The zero-order chi connectivity index (χ0) is 25.8. The zero-order valence-corrected chi connectivity index (χ0v) is 21.3. The number of ether oxygens (including phenoxy) is 3. The number of nitrogens with one attached hydrogen (secondary N) is 1. The van der Waals surface area contributed by atoms with Crippen molar-refractivity contribution in [2.45, 2.75) is 0 Å². The van der Waals surface area contributed by atoms with Crippen LogP contribution in [0.25, 0.3) is 21.7 Å². The molecule has 0 unspecified atom stereocenters. The van der Waals surface area contributed by atoms with Crippen molar-refractivity contribution in [2.24, 2.45) is 0 Å². The van der Waals surface area contributed by atoms with E-state index in [0.717, 1.165) is 21.7 Å². The van der Waals surface area contributed by atoms with Gasteiger partial charge < -0.3 is 19.5 Å². The number of pyridine rings is 1. The Balaban J connectivity index is 1.55. The maximum atomic E-state index is 9.82. The van der Waals surface area contributed by atoms with Crippen LogP contribution in [-0.2, 0) is 0 Å². The summed E-state index contributed by atoms with van der Waals surface area (Å²) < 4.78 is 17.1. The first kappa shape index (κ1) is 24.5. The molecule has 0 saturated heterocycles. The van der Waals surface area contributed by atoms with Gasteiger partial charge in [-0.1, -0.05) is 29.8 Å². The van der Waals surface area contributed by atoms with Crippen molar-refractivity contribution in [3.63, 3.8) is 0 Å². The van der Waals surface area contributed by atoms with E-state index in [-0.39, 0.29) is 0 Å². The Morgan fingerprint density at radius 3 is 2.46 bits per heavy atom. The number of hydrogen-bond acceptors (Lipinski definition) is 6. The van der Waals surface area contributed by atoms with Gasteiger partial charge in [0.1, 0.15) is 24.2 Å². The number of alkyl halides is 1. The highest BCUT2D eigenvalue weighted by atomic mass is 35.5. The summed E-state index contributed by atoms with van der Waals surface area (Å²) in [6.07, 6.45) is 1.56. The number of rotatable bonds is 8. The third-order valence-electron chi connectivity index (χ3n) is 5.74. The molecule has 0 atom stereocenters. The zero-order valence-electron chi connectivity index (χ0n) is 19.8. The van der Waals surface area contributed by atoms with E-state index in [2.05, 4.69) is 16.4 Å². The van der Waals surface area contributed by atoms with Gasteiger partial charge in [0.25, 0.3) is 0 Å². The van der Waals surface area contributed by atoms with Crippen molar-refractivity contribution in [1.29, 1.82) is 5.26 Å². The van der Waals surface area contributed by atoms with Crippen molar-refractivity contribution >= 4 is 56.3 Å². The molecule has 0 bridgehead atoms. The molecule has 0 aliphatic rings. The summed E-state index contributed by atoms with van der Waals surface area (Å²) in [5.41, 5.74) is 2.46. The van der Waals surface area contributed by atoms with E-state index >= 15 is 0 Å². The first-order valence-corrected chi connectivity index (χ1v) is 12.3. The summed E-state index contributed by atoms with van der Waals surface area (Å²) in [5, 5.41) is 16.2. The number of para-hydroxylation sites is 1. The Morgan fingerprint density at radius 1 is 0.946 bits per heavy atom. The molecule has 0 spiro atoms. The number of halogens is 2. The Kier molecular flexibility index (Phi) is 7.18. The second-order valence-corrected chi connectivity index (χ2v) is 8.89. The van der Waals surface area contributed by atoms with Crippen molar-refractivity contribution in [2.75, 3.05) is 24.9 Å². The number of aromatic nitrogens is 1. The van der Waals surface area contributed by atoms with Crippen LogP contribution >= 0.6 is 23.2 Å². The minimum absolute atomic E-state index is 0.356. The van der Waals surface area contributed by atoms with Crippen LogP contribution in [0.3, 0.4) is 0 Å². The number of methoxy groups -OCH3 is 1. The Bertz CT molecular complexity index is 1640. The molecule has 184 valence electrons. The van der Waals surface area contributed by atoms with E-state index in [1.165, 1.54) is 0 Å². The van der Waals surface area contributed by atoms with Crippen LogP contribution in [0.4, 0.5) is 11.4 Å². The molecule has 1 heterocycles. The number of fused-ring (bicyclic) bond motifs is 2. The molecular formula is C29H21Cl2N3O3. The fourth-order valence-corrected chi connectivity index (χ4v) is 4.30. The molecule has 1 aromatic heterocycles. The molecule has 0 aliphatic carbocycles. The fraction of sp³-hybridized carbons (Fsp3) is 0.103. The van der Waals surface area contributed by atoms with E-state index in [0.29, 0.717) is 57.4 Å². The topological polar surface area (TPSA) is 76.4 Å². The van der Waals surface area contributed by atoms with Gasteiger partial charge in [-0.3, -0.25) is 4.98 Å². The summed E-state index contributed by atoms with van der Waals surface area (Å²) in [5.74, 6) is 2.78. The van der Waals surface area contributed by atoms with Crippen molar-refractivity contribution in [3.8, 4) is 29.1 Å². The molecular weight excluding hydrogens is 509 g/mol. The number of hydrogen-bond donors (Lipinski definition) is 1. The van der Waals surface area contributed by atoms with Gasteiger partial charge in [-0.25, -0.2) is 0 Å². The van der Waals surface area contributed by atoms with Crippen LogP contribution in [0, 0.1) is 11.3 Å². The van der Waals surface area contributed by atoms with Crippen LogP contribution in [-0.4, -0.2) is 24.6 Å². The first-order valence-electron chi connectivity index (χ1n) is 11.4. The van der Waals surface area contributed by atoms with E-state index in [1.54, 1.807) is 25.4 Å². The summed E-state index contributed by atoms with van der Waals surface area (Å²) >= 11 is 12.3. The standard InChI is InChI=1S/C29H21Cl2N3O3/c1-35-27-13-19-12-25-23(11-18(19)14-28(27)36-10-9-30)29(20(16-32)17-33-25)34-21-7-8-26(24(31)15-21)37-22-5-3-2-4-6-22/h2-8,11-15,17H,9-10H2,1H3,(H,33,34). The molecule has 6 nitrogen and oxygen atoms in total. The van der Waals surface area contributed by atoms with Gasteiger partial charge in [-0.15, -0.1) is 11.6 Å². The van der Waals surface area contributed by atoms with Gasteiger partial charge in [0.05, 0.1) is 34.8 Å². The van der Waals surface area contributed by atoms with Gasteiger partial charge in [-0.05, 0) is 65.4 Å². The smallest absolute Gasteiger partial charge is 0.161 e. The second-order valence-electron chi connectivity index (χ2n) is 8.10. The Morgan fingerprint density at radius 2 is 1.73 bits per heavy atom. The summed E-state index contributed by atoms with van der Waals surface area (Å²) in [7, 11) is 1.59. The predicted octanol–water partition coefficient (Wildman–Crippen LogP) is 8.08. The van der Waals surface area contributed by atoms with E-state index in [9.17, 15) is 5.26 Å². The van der Waals surface area contributed by atoms with E-state index < -0.39 is 0 Å². The van der Waals surface area contributed by atoms with Crippen LogP contribution < -0.4 is 19.5 Å². The molecule has 0 amide bonds. The lowest BCUT2D eigenvalue weighted by Gasteiger charge is -2.15. The van der Waals surface area contributed by atoms with Crippen molar-refractivity contribution < 1.29 is 14.2 Å². The van der Waals surface area contributed by atoms with Gasteiger partial charge >= 0.3 is 0 Å². The van der Waals surface area contributed by atoms with Gasteiger partial charge in [0, 0.05) is 17.3 Å². The van der Waals surface area contributed by atoms with Crippen LogP contribution in [0.15, 0.2) is 79.0 Å².